The minimum atomic E-state index is -0.987. The van der Waals surface area contributed by atoms with E-state index in [9.17, 15) is 9.00 Å². The highest BCUT2D eigenvalue weighted by Crippen LogP contribution is 2.21. The standard InChI is InChI=1S/C15H21NO2S/c1-3-12-5-4-10-16(11-12)15(17)13-6-8-14(9-7-13)19(2)18/h6-9,12H,3-5,10-11H2,1-2H3. The molecule has 1 aliphatic heterocycles. The van der Waals surface area contributed by atoms with E-state index in [0.717, 1.165) is 30.8 Å². The Bertz CT molecular complexity index is 470. The fourth-order valence-corrected chi connectivity index (χ4v) is 3.07. The quantitative estimate of drug-likeness (QED) is 0.853. The molecule has 4 heteroatoms. The molecule has 1 aromatic rings. The van der Waals surface area contributed by atoms with Crippen LogP contribution in [0.25, 0.3) is 0 Å². The first kappa shape index (κ1) is 14.3. The Balaban J connectivity index is 2.08. The molecule has 1 amide bonds. The fraction of sp³-hybridized carbons (Fsp3) is 0.533. The summed E-state index contributed by atoms with van der Waals surface area (Å²) in [6, 6.07) is 7.14. The van der Waals surface area contributed by atoms with Gasteiger partial charge in [0.15, 0.2) is 0 Å². The van der Waals surface area contributed by atoms with Crippen LogP contribution >= 0.6 is 0 Å². The molecule has 1 heterocycles. The van der Waals surface area contributed by atoms with E-state index in [1.165, 1.54) is 6.42 Å². The van der Waals surface area contributed by atoms with Gasteiger partial charge in [0.05, 0.1) is 0 Å². The second-order valence-corrected chi connectivity index (χ2v) is 6.53. The van der Waals surface area contributed by atoms with Gasteiger partial charge in [0.25, 0.3) is 5.91 Å². The first-order chi connectivity index (χ1) is 9.11. The molecule has 104 valence electrons. The lowest BCUT2D eigenvalue weighted by Gasteiger charge is -2.32. The number of hydrogen-bond acceptors (Lipinski definition) is 2. The average molecular weight is 279 g/mol. The Hall–Kier alpha value is -1.16. The van der Waals surface area contributed by atoms with Crippen LogP contribution in [0.5, 0.6) is 0 Å². The van der Waals surface area contributed by atoms with Crippen molar-refractivity contribution in [3.05, 3.63) is 29.8 Å². The van der Waals surface area contributed by atoms with Crippen molar-refractivity contribution in [3.63, 3.8) is 0 Å². The Morgan fingerprint density at radius 2 is 2.05 bits per heavy atom. The summed E-state index contributed by atoms with van der Waals surface area (Å²) in [5.41, 5.74) is 0.700. The van der Waals surface area contributed by atoms with Gasteiger partial charge >= 0.3 is 0 Å². The molecule has 0 spiro atoms. The molecule has 1 aromatic carbocycles. The van der Waals surface area contributed by atoms with Crippen molar-refractivity contribution in [1.29, 1.82) is 0 Å². The minimum absolute atomic E-state index is 0.103. The average Bonchev–Trinajstić information content (AvgIpc) is 2.46. The zero-order chi connectivity index (χ0) is 13.8. The third kappa shape index (κ3) is 3.44. The number of hydrogen-bond donors (Lipinski definition) is 0. The van der Waals surface area contributed by atoms with E-state index in [0.29, 0.717) is 11.5 Å². The minimum Gasteiger partial charge on any atom is -0.338 e. The monoisotopic (exact) mass is 279 g/mol. The summed E-state index contributed by atoms with van der Waals surface area (Å²) >= 11 is 0. The number of piperidine rings is 1. The Labute approximate surface area is 117 Å². The molecule has 0 N–H and O–H groups in total. The van der Waals surface area contributed by atoms with E-state index in [-0.39, 0.29) is 5.91 Å². The molecule has 2 atom stereocenters. The topological polar surface area (TPSA) is 37.4 Å². The van der Waals surface area contributed by atoms with Crippen LogP contribution in [0.15, 0.2) is 29.2 Å². The van der Waals surface area contributed by atoms with E-state index in [4.69, 9.17) is 0 Å². The number of carbonyl (C=O) groups is 1. The van der Waals surface area contributed by atoms with Gasteiger partial charge in [-0.3, -0.25) is 9.00 Å². The van der Waals surface area contributed by atoms with Crippen LogP contribution in [-0.2, 0) is 10.8 Å². The lowest BCUT2D eigenvalue weighted by atomic mass is 9.95. The Kier molecular flexibility index (Phi) is 4.75. The van der Waals surface area contributed by atoms with Crippen LogP contribution in [0, 0.1) is 5.92 Å². The van der Waals surface area contributed by atoms with Crippen molar-refractivity contribution >= 4 is 16.7 Å². The second-order valence-electron chi connectivity index (χ2n) is 5.15. The van der Waals surface area contributed by atoms with Crippen LogP contribution in [0.2, 0.25) is 0 Å². The summed E-state index contributed by atoms with van der Waals surface area (Å²) in [6.45, 7) is 3.91. The molecule has 0 radical (unpaired) electrons. The summed E-state index contributed by atoms with van der Waals surface area (Å²) in [5, 5.41) is 0. The molecule has 0 aromatic heterocycles. The first-order valence-corrected chi connectivity index (χ1v) is 8.40. The molecule has 2 rings (SSSR count). The predicted octanol–water partition coefficient (Wildman–Crippen LogP) is 2.69. The van der Waals surface area contributed by atoms with Crippen molar-refractivity contribution in [2.75, 3.05) is 19.3 Å². The van der Waals surface area contributed by atoms with Gasteiger partial charge in [-0.05, 0) is 43.0 Å². The van der Waals surface area contributed by atoms with Crippen LogP contribution < -0.4 is 0 Å². The molecular formula is C15H21NO2S. The summed E-state index contributed by atoms with van der Waals surface area (Å²) in [7, 11) is -0.987. The largest absolute Gasteiger partial charge is 0.338 e. The van der Waals surface area contributed by atoms with Crippen LogP contribution in [0.1, 0.15) is 36.5 Å². The zero-order valence-corrected chi connectivity index (χ0v) is 12.4. The summed E-state index contributed by atoms with van der Waals surface area (Å²) in [4.78, 5) is 15.1. The molecule has 0 aliphatic carbocycles. The maximum absolute atomic E-state index is 12.4. The van der Waals surface area contributed by atoms with Gasteiger partial charge in [-0.25, -0.2) is 0 Å². The molecule has 1 saturated heterocycles. The lowest BCUT2D eigenvalue weighted by molar-refractivity contribution is 0.0671. The smallest absolute Gasteiger partial charge is 0.253 e. The van der Waals surface area contributed by atoms with Crippen molar-refractivity contribution in [3.8, 4) is 0 Å². The van der Waals surface area contributed by atoms with Gasteiger partial charge in [-0.2, -0.15) is 0 Å². The van der Waals surface area contributed by atoms with Crippen LogP contribution in [-0.4, -0.2) is 34.4 Å². The number of benzene rings is 1. The number of nitrogens with zero attached hydrogens (tertiary/aromatic N) is 1. The molecule has 3 nitrogen and oxygen atoms in total. The van der Waals surface area contributed by atoms with Crippen molar-refractivity contribution in [2.45, 2.75) is 31.1 Å². The fourth-order valence-electron chi connectivity index (χ4n) is 2.55. The highest BCUT2D eigenvalue weighted by atomic mass is 32.2. The molecule has 0 bridgehead atoms. The number of rotatable bonds is 3. The molecule has 0 saturated carbocycles. The van der Waals surface area contributed by atoms with Gasteiger partial charge in [-0.1, -0.05) is 13.3 Å². The first-order valence-electron chi connectivity index (χ1n) is 6.84. The third-order valence-electron chi connectivity index (χ3n) is 3.82. The predicted molar refractivity (Wildman–Crippen MR) is 77.7 cm³/mol. The number of amides is 1. The Morgan fingerprint density at radius 1 is 1.37 bits per heavy atom. The van der Waals surface area contributed by atoms with Gasteiger partial charge in [0.2, 0.25) is 0 Å². The van der Waals surface area contributed by atoms with Gasteiger partial charge < -0.3 is 4.90 Å². The molecule has 19 heavy (non-hydrogen) atoms. The van der Waals surface area contributed by atoms with Crippen LogP contribution in [0.3, 0.4) is 0 Å². The zero-order valence-electron chi connectivity index (χ0n) is 11.6. The van der Waals surface area contributed by atoms with E-state index < -0.39 is 10.8 Å². The van der Waals surface area contributed by atoms with Gasteiger partial charge in [-0.15, -0.1) is 0 Å². The van der Waals surface area contributed by atoms with Crippen molar-refractivity contribution < 1.29 is 9.00 Å². The summed E-state index contributed by atoms with van der Waals surface area (Å²) in [5.74, 6) is 0.742. The van der Waals surface area contributed by atoms with E-state index in [1.54, 1.807) is 30.5 Å². The Morgan fingerprint density at radius 3 is 2.63 bits per heavy atom. The highest BCUT2D eigenvalue weighted by molar-refractivity contribution is 7.84. The summed E-state index contributed by atoms with van der Waals surface area (Å²) < 4.78 is 11.3. The summed E-state index contributed by atoms with van der Waals surface area (Å²) in [6.07, 6.45) is 5.11. The lowest BCUT2D eigenvalue weighted by Crippen LogP contribution is -2.39. The van der Waals surface area contributed by atoms with Gasteiger partial charge in [0.1, 0.15) is 0 Å². The van der Waals surface area contributed by atoms with E-state index in [2.05, 4.69) is 6.92 Å². The molecule has 2 unspecified atom stereocenters. The van der Waals surface area contributed by atoms with Gasteiger partial charge in [0, 0.05) is 40.6 Å². The van der Waals surface area contributed by atoms with Crippen molar-refractivity contribution in [2.24, 2.45) is 5.92 Å². The number of carbonyl (C=O) groups excluding carboxylic acids is 1. The van der Waals surface area contributed by atoms with E-state index in [1.807, 2.05) is 4.90 Å². The molecule has 1 aliphatic rings. The van der Waals surface area contributed by atoms with Crippen molar-refractivity contribution in [1.82, 2.24) is 4.90 Å². The molecular weight excluding hydrogens is 258 g/mol. The maximum atomic E-state index is 12.4. The second kappa shape index (κ2) is 6.33. The number of likely N-dealkylation sites (tertiary alicyclic amines) is 1. The maximum Gasteiger partial charge on any atom is 0.253 e. The van der Waals surface area contributed by atoms with Crippen LogP contribution in [0.4, 0.5) is 0 Å². The normalized spacial score (nSPS) is 21.2. The highest BCUT2D eigenvalue weighted by Gasteiger charge is 2.23. The molecule has 1 fully saturated rings. The SMILES string of the molecule is CCC1CCCN(C(=O)c2ccc(S(C)=O)cc2)C1. The third-order valence-corrected chi connectivity index (χ3v) is 4.75. The van der Waals surface area contributed by atoms with E-state index >= 15 is 0 Å².